The second-order valence-electron chi connectivity index (χ2n) is 7.18. The average molecular weight is 334 g/mol. The topological polar surface area (TPSA) is 61.6 Å². The van der Waals surface area contributed by atoms with Gasteiger partial charge < -0.3 is 10.0 Å². The molecule has 2 aliphatic rings. The van der Waals surface area contributed by atoms with Crippen LogP contribution in [0.15, 0.2) is 6.20 Å². The fourth-order valence-corrected chi connectivity index (χ4v) is 4.38. The zero-order valence-corrected chi connectivity index (χ0v) is 15.0. The third-order valence-electron chi connectivity index (χ3n) is 5.56. The lowest BCUT2D eigenvalue weighted by Crippen LogP contribution is -2.59. The van der Waals surface area contributed by atoms with Gasteiger partial charge in [0.1, 0.15) is 5.54 Å². The summed E-state index contributed by atoms with van der Waals surface area (Å²) in [5.74, 6) is 0.341. The van der Waals surface area contributed by atoms with Gasteiger partial charge in [0.2, 0.25) is 5.91 Å². The van der Waals surface area contributed by atoms with Gasteiger partial charge in [-0.05, 0) is 45.6 Å². The molecule has 3 heterocycles. The molecular formula is C18H30N4O2. The third-order valence-corrected chi connectivity index (χ3v) is 5.56. The normalized spacial score (nSPS) is 25.1. The van der Waals surface area contributed by atoms with Gasteiger partial charge in [-0.2, -0.15) is 5.10 Å². The van der Waals surface area contributed by atoms with Gasteiger partial charge in [0.25, 0.3) is 0 Å². The van der Waals surface area contributed by atoms with Crippen molar-refractivity contribution in [2.75, 3.05) is 26.2 Å². The number of carbonyl (C=O) groups excluding carboxylic acids is 1. The molecule has 134 valence electrons. The summed E-state index contributed by atoms with van der Waals surface area (Å²) in [5, 5.41) is 13.6. The van der Waals surface area contributed by atoms with Gasteiger partial charge in [-0.15, -0.1) is 0 Å². The number of likely N-dealkylation sites (tertiary alicyclic amines) is 2. The van der Waals surface area contributed by atoms with Crippen LogP contribution < -0.4 is 0 Å². The Hall–Kier alpha value is -1.40. The van der Waals surface area contributed by atoms with Gasteiger partial charge in [-0.25, -0.2) is 0 Å². The maximum Gasteiger partial charge on any atom is 0.243 e. The van der Waals surface area contributed by atoms with Crippen molar-refractivity contribution in [1.82, 2.24) is 19.6 Å². The molecule has 1 spiro atoms. The average Bonchev–Trinajstić information content (AvgIpc) is 3.10. The molecule has 1 atom stereocenters. The Morgan fingerprint density at radius 2 is 2.00 bits per heavy atom. The van der Waals surface area contributed by atoms with Crippen molar-refractivity contribution in [1.29, 1.82) is 0 Å². The van der Waals surface area contributed by atoms with Gasteiger partial charge in [0.15, 0.2) is 0 Å². The van der Waals surface area contributed by atoms with E-state index in [9.17, 15) is 4.79 Å². The molecule has 2 fully saturated rings. The van der Waals surface area contributed by atoms with E-state index in [-0.39, 0.29) is 12.1 Å². The molecule has 1 unspecified atom stereocenters. The number of aryl methyl sites for hydroxylation is 1. The van der Waals surface area contributed by atoms with Crippen LogP contribution in [0.4, 0.5) is 0 Å². The Bertz CT molecular complexity index is 584. The molecule has 24 heavy (non-hydrogen) atoms. The van der Waals surface area contributed by atoms with Gasteiger partial charge in [0.05, 0.1) is 18.8 Å². The summed E-state index contributed by atoms with van der Waals surface area (Å²) >= 11 is 0. The molecule has 0 aliphatic carbocycles. The van der Waals surface area contributed by atoms with E-state index in [4.69, 9.17) is 5.11 Å². The Labute approximate surface area is 144 Å². The molecule has 1 aromatic rings. The lowest BCUT2D eigenvalue weighted by atomic mass is 9.85. The van der Waals surface area contributed by atoms with E-state index in [1.807, 2.05) is 13.1 Å². The second-order valence-corrected chi connectivity index (χ2v) is 7.18. The Balaban J connectivity index is 1.79. The molecule has 1 aromatic heterocycles. The monoisotopic (exact) mass is 334 g/mol. The highest BCUT2D eigenvalue weighted by atomic mass is 16.3. The first kappa shape index (κ1) is 17.4. The highest BCUT2D eigenvalue weighted by Gasteiger charge is 2.50. The number of hydrogen-bond donors (Lipinski definition) is 1. The highest BCUT2D eigenvalue weighted by Crippen LogP contribution is 2.39. The maximum absolute atomic E-state index is 13.2. The van der Waals surface area contributed by atoms with Gasteiger partial charge >= 0.3 is 0 Å². The first-order chi connectivity index (χ1) is 11.6. The molecular weight excluding hydrogens is 304 g/mol. The minimum atomic E-state index is -0.293. The summed E-state index contributed by atoms with van der Waals surface area (Å²) in [6.07, 6.45) is 7.20. The maximum atomic E-state index is 13.2. The van der Waals surface area contributed by atoms with Crippen molar-refractivity contribution >= 4 is 5.91 Å². The first-order valence-corrected chi connectivity index (χ1v) is 9.29. The number of nitrogens with zero attached hydrogens (tertiary/aromatic N) is 4. The summed E-state index contributed by atoms with van der Waals surface area (Å²) in [6.45, 7) is 8.32. The lowest BCUT2D eigenvalue weighted by Gasteiger charge is -2.44. The van der Waals surface area contributed by atoms with Crippen LogP contribution >= 0.6 is 0 Å². The van der Waals surface area contributed by atoms with Crippen LogP contribution in [-0.2, 0) is 17.9 Å². The molecule has 0 bridgehead atoms. The zero-order valence-electron chi connectivity index (χ0n) is 15.0. The van der Waals surface area contributed by atoms with Crippen LogP contribution in [0.5, 0.6) is 0 Å². The number of aromatic nitrogens is 2. The summed E-state index contributed by atoms with van der Waals surface area (Å²) in [6, 6.07) is 0. The van der Waals surface area contributed by atoms with E-state index >= 15 is 0 Å². The summed E-state index contributed by atoms with van der Waals surface area (Å²) < 4.78 is 1.81. The van der Waals surface area contributed by atoms with Crippen molar-refractivity contribution in [3.8, 4) is 0 Å². The molecule has 2 saturated heterocycles. The van der Waals surface area contributed by atoms with Crippen LogP contribution in [0, 0.1) is 6.92 Å². The molecule has 0 radical (unpaired) electrons. The quantitative estimate of drug-likeness (QED) is 0.857. The van der Waals surface area contributed by atoms with Gasteiger partial charge in [-0.3, -0.25) is 14.4 Å². The van der Waals surface area contributed by atoms with E-state index in [0.29, 0.717) is 12.5 Å². The number of aliphatic hydroxyl groups excluding tert-OH is 1. The predicted molar refractivity (Wildman–Crippen MR) is 92.5 cm³/mol. The molecule has 0 aromatic carbocycles. The number of amides is 1. The largest absolute Gasteiger partial charge is 0.394 e. The van der Waals surface area contributed by atoms with E-state index in [0.717, 1.165) is 64.0 Å². The zero-order chi connectivity index (χ0) is 17.2. The van der Waals surface area contributed by atoms with Crippen molar-refractivity contribution < 1.29 is 9.90 Å². The molecule has 0 saturated carbocycles. The predicted octanol–water partition coefficient (Wildman–Crippen LogP) is 1.55. The van der Waals surface area contributed by atoms with Crippen LogP contribution in [0.25, 0.3) is 0 Å². The number of rotatable bonds is 6. The van der Waals surface area contributed by atoms with E-state index in [1.54, 1.807) is 4.68 Å². The molecule has 1 N–H and O–H groups in total. The minimum absolute atomic E-state index is 0.0959. The standard InChI is InChI=1S/C18H30N4O2/c1-3-8-20-9-4-6-18(17(20)24)7-5-10-21(18)13-16-14-22(11-12-23)19-15(16)2/h14,23H,3-13H2,1-2H3. The van der Waals surface area contributed by atoms with Crippen LogP contribution in [0.2, 0.25) is 0 Å². The van der Waals surface area contributed by atoms with Crippen molar-refractivity contribution in [2.24, 2.45) is 0 Å². The van der Waals surface area contributed by atoms with Gasteiger partial charge in [-0.1, -0.05) is 6.92 Å². The Kier molecular flexibility index (Phi) is 5.25. The summed E-state index contributed by atoms with van der Waals surface area (Å²) in [5.41, 5.74) is 1.88. The number of hydrogen-bond acceptors (Lipinski definition) is 4. The lowest BCUT2D eigenvalue weighted by molar-refractivity contribution is -0.147. The molecule has 1 amide bonds. The van der Waals surface area contributed by atoms with Crippen LogP contribution in [0.3, 0.4) is 0 Å². The van der Waals surface area contributed by atoms with Crippen molar-refractivity contribution in [3.63, 3.8) is 0 Å². The minimum Gasteiger partial charge on any atom is -0.394 e. The molecule has 6 nitrogen and oxygen atoms in total. The SMILES string of the molecule is CCCN1CCCC2(CCCN2Cc2cn(CCO)nc2C)C1=O. The summed E-state index contributed by atoms with van der Waals surface area (Å²) in [7, 11) is 0. The summed E-state index contributed by atoms with van der Waals surface area (Å²) in [4.78, 5) is 17.6. The van der Waals surface area contributed by atoms with Crippen molar-refractivity contribution in [2.45, 2.75) is 64.6 Å². The van der Waals surface area contributed by atoms with Crippen LogP contribution in [-0.4, -0.2) is 62.4 Å². The van der Waals surface area contributed by atoms with Crippen LogP contribution in [0.1, 0.15) is 50.3 Å². The highest BCUT2D eigenvalue weighted by molar-refractivity contribution is 5.87. The number of aliphatic hydroxyl groups is 1. The molecule has 3 rings (SSSR count). The fraction of sp³-hybridized carbons (Fsp3) is 0.778. The van der Waals surface area contributed by atoms with E-state index in [1.165, 1.54) is 5.56 Å². The molecule has 6 heteroatoms. The number of piperidine rings is 1. The smallest absolute Gasteiger partial charge is 0.243 e. The van der Waals surface area contributed by atoms with Crippen molar-refractivity contribution in [3.05, 3.63) is 17.5 Å². The van der Waals surface area contributed by atoms with Gasteiger partial charge in [0, 0.05) is 31.4 Å². The number of carbonyl (C=O) groups is 1. The second kappa shape index (κ2) is 7.23. The fourth-order valence-electron chi connectivity index (χ4n) is 4.38. The Morgan fingerprint density at radius 1 is 1.25 bits per heavy atom. The molecule has 2 aliphatic heterocycles. The Morgan fingerprint density at radius 3 is 2.71 bits per heavy atom. The first-order valence-electron chi connectivity index (χ1n) is 9.29. The van der Waals surface area contributed by atoms with E-state index in [2.05, 4.69) is 21.8 Å². The van der Waals surface area contributed by atoms with E-state index < -0.39 is 0 Å². The third kappa shape index (κ3) is 3.09.